The molecular weight excluding hydrogens is 385 g/mol. The molecule has 25 heavy (non-hydrogen) atoms. The second-order valence-corrected chi connectivity index (χ2v) is 6.97. The van der Waals surface area contributed by atoms with Gasteiger partial charge in [-0.05, 0) is 0 Å². The Balaban J connectivity index is 2.10. The summed E-state index contributed by atoms with van der Waals surface area (Å²) >= 11 is 0.139. The standard InChI is InChI=1S/C19H19NO4Se/c1-21-14-7-5-12(6-8-14)17-19(25-11-20-17)13-9-15(22-2)18(24-4)16(10-13)23-3/h5-11H,1-4H3. The molecule has 0 fully saturated rings. The van der Waals surface area contributed by atoms with Gasteiger partial charge in [0.1, 0.15) is 0 Å². The number of rotatable bonds is 6. The van der Waals surface area contributed by atoms with Gasteiger partial charge in [-0.2, -0.15) is 0 Å². The van der Waals surface area contributed by atoms with Gasteiger partial charge in [0.05, 0.1) is 0 Å². The molecular formula is C19H19NO4Se. The van der Waals surface area contributed by atoms with Crippen LogP contribution in [0.3, 0.4) is 0 Å². The van der Waals surface area contributed by atoms with E-state index in [0.717, 1.165) is 22.6 Å². The van der Waals surface area contributed by atoms with Crippen molar-refractivity contribution in [2.75, 3.05) is 28.4 Å². The summed E-state index contributed by atoms with van der Waals surface area (Å²) in [4.78, 5) is 4.60. The third-order valence-electron chi connectivity index (χ3n) is 3.86. The van der Waals surface area contributed by atoms with Crippen LogP contribution in [0.25, 0.3) is 21.3 Å². The Hall–Kier alpha value is -2.43. The molecule has 6 heteroatoms. The van der Waals surface area contributed by atoms with E-state index >= 15 is 0 Å². The topological polar surface area (TPSA) is 49.8 Å². The molecule has 0 saturated heterocycles. The van der Waals surface area contributed by atoms with E-state index in [9.17, 15) is 0 Å². The minimum atomic E-state index is 0.139. The van der Waals surface area contributed by atoms with E-state index in [0.29, 0.717) is 17.2 Å². The summed E-state index contributed by atoms with van der Waals surface area (Å²) in [5, 5.41) is 1.98. The molecule has 0 N–H and O–H groups in total. The molecule has 1 heterocycles. The van der Waals surface area contributed by atoms with Crippen molar-refractivity contribution in [1.29, 1.82) is 0 Å². The van der Waals surface area contributed by atoms with Gasteiger partial charge in [0.15, 0.2) is 0 Å². The number of methoxy groups -OCH3 is 4. The fourth-order valence-electron chi connectivity index (χ4n) is 2.62. The average Bonchev–Trinajstić information content (AvgIpc) is 3.16. The van der Waals surface area contributed by atoms with Gasteiger partial charge in [-0.15, -0.1) is 0 Å². The fraction of sp³-hybridized carbons (Fsp3) is 0.211. The van der Waals surface area contributed by atoms with Crippen LogP contribution in [0.4, 0.5) is 0 Å². The zero-order chi connectivity index (χ0) is 17.8. The van der Waals surface area contributed by atoms with Crippen molar-refractivity contribution in [3.63, 3.8) is 0 Å². The third kappa shape index (κ3) is 3.36. The Morgan fingerprint density at radius 1 is 0.760 bits per heavy atom. The number of benzene rings is 2. The first-order valence-corrected chi connectivity index (χ1v) is 9.44. The molecule has 2 aromatic carbocycles. The molecule has 0 bridgehead atoms. The van der Waals surface area contributed by atoms with E-state index in [1.54, 1.807) is 28.4 Å². The second kappa shape index (κ2) is 7.64. The van der Waals surface area contributed by atoms with Crippen molar-refractivity contribution in [3.8, 4) is 44.3 Å². The van der Waals surface area contributed by atoms with Crippen molar-refractivity contribution in [1.82, 2.24) is 4.98 Å². The third-order valence-corrected chi connectivity index (χ3v) is 5.69. The van der Waals surface area contributed by atoms with Crippen LogP contribution in [0.15, 0.2) is 41.5 Å². The molecule has 0 amide bonds. The van der Waals surface area contributed by atoms with E-state index in [-0.39, 0.29) is 14.5 Å². The SMILES string of the molecule is COc1ccc(-c2nc[se]c2-c2cc(OC)c(OC)c(OC)c2)cc1. The first kappa shape index (κ1) is 17.4. The molecule has 0 spiro atoms. The summed E-state index contributed by atoms with van der Waals surface area (Å²) in [6, 6.07) is 11.9. The zero-order valence-electron chi connectivity index (χ0n) is 14.5. The van der Waals surface area contributed by atoms with Crippen molar-refractivity contribution in [3.05, 3.63) is 41.5 Å². The molecule has 3 aromatic rings. The van der Waals surface area contributed by atoms with Gasteiger partial charge in [0, 0.05) is 0 Å². The van der Waals surface area contributed by atoms with E-state index in [1.807, 2.05) is 41.5 Å². The predicted molar refractivity (Wildman–Crippen MR) is 98.3 cm³/mol. The van der Waals surface area contributed by atoms with Crippen LogP contribution in [0, 0.1) is 0 Å². The molecule has 3 rings (SSSR count). The monoisotopic (exact) mass is 405 g/mol. The number of hydrogen-bond acceptors (Lipinski definition) is 5. The predicted octanol–water partition coefficient (Wildman–Crippen LogP) is 3.51. The zero-order valence-corrected chi connectivity index (χ0v) is 16.2. The fourth-order valence-corrected chi connectivity index (χ4v) is 4.30. The molecule has 1 aromatic heterocycles. The van der Waals surface area contributed by atoms with Gasteiger partial charge in [0.2, 0.25) is 0 Å². The van der Waals surface area contributed by atoms with Crippen LogP contribution >= 0.6 is 0 Å². The summed E-state index contributed by atoms with van der Waals surface area (Å²) in [6.07, 6.45) is 0. The normalized spacial score (nSPS) is 10.4. The Morgan fingerprint density at radius 3 is 1.92 bits per heavy atom. The molecule has 130 valence electrons. The van der Waals surface area contributed by atoms with Crippen LogP contribution in [0.5, 0.6) is 23.0 Å². The van der Waals surface area contributed by atoms with Gasteiger partial charge < -0.3 is 0 Å². The molecule has 0 aliphatic heterocycles. The maximum absolute atomic E-state index is 5.47. The number of aromatic nitrogens is 1. The van der Waals surface area contributed by atoms with Gasteiger partial charge in [-0.3, -0.25) is 0 Å². The molecule has 0 unspecified atom stereocenters. The van der Waals surface area contributed by atoms with Gasteiger partial charge in [0.25, 0.3) is 0 Å². The van der Waals surface area contributed by atoms with Crippen molar-refractivity contribution in [2.24, 2.45) is 0 Å². The molecule has 5 nitrogen and oxygen atoms in total. The van der Waals surface area contributed by atoms with E-state index in [4.69, 9.17) is 18.9 Å². The van der Waals surface area contributed by atoms with Crippen LogP contribution in [-0.2, 0) is 0 Å². The second-order valence-electron chi connectivity index (χ2n) is 5.17. The first-order chi connectivity index (χ1) is 12.2. The Morgan fingerprint density at radius 2 is 1.40 bits per heavy atom. The quantitative estimate of drug-likeness (QED) is 0.589. The molecule has 0 saturated carbocycles. The van der Waals surface area contributed by atoms with Crippen molar-refractivity contribution in [2.45, 2.75) is 0 Å². The Bertz CT molecular complexity index is 833. The summed E-state index contributed by atoms with van der Waals surface area (Å²) < 4.78 is 22.8. The van der Waals surface area contributed by atoms with E-state index in [2.05, 4.69) is 4.98 Å². The van der Waals surface area contributed by atoms with Gasteiger partial charge in [-0.1, -0.05) is 0 Å². The van der Waals surface area contributed by atoms with Crippen molar-refractivity contribution >= 4 is 14.5 Å². The summed E-state index contributed by atoms with van der Waals surface area (Å²) in [7, 11) is 6.50. The average molecular weight is 404 g/mol. The number of hydrogen-bond donors (Lipinski definition) is 0. The number of ether oxygens (including phenoxy) is 4. The molecule has 0 radical (unpaired) electrons. The Kier molecular flexibility index (Phi) is 5.31. The Labute approximate surface area is 152 Å². The summed E-state index contributed by atoms with van der Waals surface area (Å²) in [6.45, 7) is 0. The minimum absolute atomic E-state index is 0.139. The molecule has 0 aliphatic rings. The van der Waals surface area contributed by atoms with Crippen LogP contribution in [-0.4, -0.2) is 47.9 Å². The molecule has 0 aliphatic carbocycles. The van der Waals surface area contributed by atoms with Crippen LogP contribution < -0.4 is 18.9 Å². The van der Waals surface area contributed by atoms with Crippen LogP contribution in [0.2, 0.25) is 0 Å². The summed E-state index contributed by atoms with van der Waals surface area (Å²) in [5.41, 5.74) is 3.05. The number of nitrogens with zero attached hydrogens (tertiary/aromatic N) is 1. The maximum atomic E-state index is 5.47. The van der Waals surface area contributed by atoms with Crippen LogP contribution in [0.1, 0.15) is 0 Å². The van der Waals surface area contributed by atoms with E-state index in [1.165, 1.54) is 4.44 Å². The van der Waals surface area contributed by atoms with Gasteiger partial charge >= 0.3 is 153 Å². The first-order valence-electron chi connectivity index (χ1n) is 7.60. The summed E-state index contributed by atoms with van der Waals surface area (Å²) in [5.74, 6) is 2.69. The van der Waals surface area contributed by atoms with Gasteiger partial charge in [-0.25, -0.2) is 0 Å². The molecule has 0 atom stereocenters. The van der Waals surface area contributed by atoms with Crippen molar-refractivity contribution < 1.29 is 18.9 Å². The van der Waals surface area contributed by atoms with E-state index < -0.39 is 0 Å².